The zero-order valence-electron chi connectivity index (χ0n) is 6.45. The summed E-state index contributed by atoms with van der Waals surface area (Å²) in [6.45, 7) is 6.72. The Bertz CT molecular complexity index is 140. The minimum atomic E-state index is -0.441. The lowest BCUT2D eigenvalue weighted by Crippen LogP contribution is -2.30. The third-order valence-corrected chi connectivity index (χ3v) is 1.68. The molecule has 2 radical (unpaired) electrons. The first-order valence-electron chi connectivity index (χ1n) is 3.76. The molecule has 0 bridgehead atoms. The molecule has 2 nitrogen and oxygen atoms in total. The first kappa shape index (κ1) is 8.58. The predicted molar refractivity (Wildman–Crippen MR) is 41.5 cm³/mol. The largest absolute Gasteiger partial charge is 0.342 e. The molecule has 0 amide bonds. The van der Waals surface area contributed by atoms with E-state index in [4.69, 9.17) is 22.8 Å². The van der Waals surface area contributed by atoms with E-state index in [1.54, 1.807) is 0 Å². The minimum Gasteiger partial charge on any atom is -0.342 e. The van der Waals surface area contributed by atoms with Crippen LogP contribution in [0.3, 0.4) is 0 Å². The number of rotatable bonds is 2. The molecule has 0 unspecified atom stereocenters. The Labute approximate surface area is 67.9 Å². The Kier molecular flexibility index (Phi) is 3.41. The van der Waals surface area contributed by atoms with Crippen molar-refractivity contribution in [1.29, 1.82) is 0 Å². The van der Waals surface area contributed by atoms with Crippen molar-refractivity contribution in [2.75, 3.05) is 13.2 Å². The highest BCUT2D eigenvalue weighted by molar-refractivity contribution is 4.90. The molecule has 1 fully saturated rings. The van der Waals surface area contributed by atoms with Crippen LogP contribution in [-0.2, 0) is 9.47 Å². The van der Waals surface area contributed by atoms with E-state index >= 15 is 0 Å². The number of hydrogen-bond acceptors (Lipinski definition) is 2. The van der Waals surface area contributed by atoms with Crippen LogP contribution in [0.1, 0.15) is 12.8 Å². The van der Waals surface area contributed by atoms with Gasteiger partial charge in [0.2, 0.25) is 6.29 Å². The Morgan fingerprint density at radius 2 is 2.00 bits per heavy atom. The molecule has 0 spiro atoms. The molecule has 1 aliphatic rings. The van der Waals surface area contributed by atoms with Crippen LogP contribution in [0.25, 0.3) is 0 Å². The molecule has 1 aliphatic heterocycles. The summed E-state index contributed by atoms with van der Waals surface area (Å²) in [5, 5.41) is 0. The van der Waals surface area contributed by atoms with E-state index in [1.807, 2.05) is 0 Å². The summed E-state index contributed by atoms with van der Waals surface area (Å²) >= 11 is 0. The Morgan fingerprint density at radius 1 is 1.36 bits per heavy atom. The Morgan fingerprint density at radius 3 is 2.45 bits per heavy atom. The van der Waals surface area contributed by atoms with E-state index in [0.717, 1.165) is 6.42 Å². The van der Waals surface area contributed by atoms with Crippen molar-refractivity contribution in [3.63, 3.8) is 0 Å². The number of ether oxygens (including phenoxy) is 2. The third-order valence-electron chi connectivity index (χ3n) is 1.68. The molecular formula is C9H12O2. The average Bonchev–Trinajstić information content (AvgIpc) is 2.07. The topological polar surface area (TPSA) is 18.5 Å². The fourth-order valence-corrected chi connectivity index (χ4v) is 1.04. The monoisotopic (exact) mass is 152 g/mol. The second-order valence-corrected chi connectivity index (χ2v) is 2.61. The number of hydrogen-bond donors (Lipinski definition) is 0. The second kappa shape index (κ2) is 4.38. The van der Waals surface area contributed by atoms with Crippen LogP contribution < -0.4 is 0 Å². The van der Waals surface area contributed by atoms with Crippen LogP contribution in [0.15, 0.2) is 0 Å². The molecule has 0 saturated carbocycles. The normalized spacial score (nSPS) is 31.3. The van der Waals surface area contributed by atoms with Gasteiger partial charge in [0.15, 0.2) is 0 Å². The summed E-state index contributed by atoms with van der Waals surface area (Å²) < 4.78 is 10.4. The van der Waals surface area contributed by atoms with E-state index in [-0.39, 0.29) is 0 Å². The van der Waals surface area contributed by atoms with Crippen molar-refractivity contribution in [2.24, 2.45) is 5.92 Å². The molecule has 0 aliphatic carbocycles. The van der Waals surface area contributed by atoms with E-state index in [1.165, 1.54) is 0 Å². The molecule has 1 heterocycles. The maximum atomic E-state index is 5.38. The maximum Gasteiger partial charge on any atom is 0.222 e. The summed E-state index contributed by atoms with van der Waals surface area (Å²) in [5.74, 6) is 2.81. The van der Waals surface area contributed by atoms with Crippen LogP contribution in [-0.4, -0.2) is 19.5 Å². The molecule has 0 N–H and O–H groups in total. The highest BCUT2D eigenvalue weighted by Crippen LogP contribution is 2.14. The molecule has 0 atom stereocenters. The van der Waals surface area contributed by atoms with Crippen molar-refractivity contribution in [1.82, 2.24) is 0 Å². The lowest BCUT2D eigenvalue weighted by atomic mass is 10.1. The Hall–Kier alpha value is -0.520. The Balaban J connectivity index is 2.20. The molecule has 1 rings (SSSR count). The first-order valence-corrected chi connectivity index (χ1v) is 3.76. The highest BCUT2D eigenvalue weighted by atomic mass is 16.7. The van der Waals surface area contributed by atoms with Gasteiger partial charge in [0.05, 0.1) is 13.2 Å². The summed E-state index contributed by atoms with van der Waals surface area (Å²) in [4.78, 5) is 0. The molecule has 0 aromatic rings. The standard InChI is InChI=1S/C9H12O2/c1-3-5-8-6-10-9(4-2)11-7-8/h1-2,8-9H,3,5-7H2. The van der Waals surface area contributed by atoms with Gasteiger partial charge in [-0.2, -0.15) is 0 Å². The van der Waals surface area contributed by atoms with Crippen LogP contribution >= 0.6 is 0 Å². The molecule has 11 heavy (non-hydrogen) atoms. The molecular weight excluding hydrogens is 140 g/mol. The zero-order valence-corrected chi connectivity index (χ0v) is 6.45. The summed E-state index contributed by atoms with van der Waals surface area (Å²) in [5.41, 5.74) is 0. The zero-order chi connectivity index (χ0) is 8.10. The van der Waals surface area contributed by atoms with Crippen LogP contribution in [0.5, 0.6) is 0 Å². The van der Waals surface area contributed by atoms with Crippen molar-refractivity contribution in [3.8, 4) is 12.3 Å². The molecule has 60 valence electrons. The molecule has 1 saturated heterocycles. The fourth-order valence-electron chi connectivity index (χ4n) is 1.04. The van der Waals surface area contributed by atoms with Crippen molar-refractivity contribution < 1.29 is 9.47 Å². The van der Waals surface area contributed by atoms with Crippen molar-refractivity contribution in [3.05, 3.63) is 6.92 Å². The van der Waals surface area contributed by atoms with E-state index < -0.39 is 6.29 Å². The molecule has 0 aromatic heterocycles. The number of terminal acetylenes is 1. The van der Waals surface area contributed by atoms with Gasteiger partial charge in [0, 0.05) is 5.92 Å². The van der Waals surface area contributed by atoms with Gasteiger partial charge >= 0.3 is 0 Å². The average molecular weight is 152 g/mol. The predicted octanol–water partition coefficient (Wildman–Crippen LogP) is 1.10. The lowest BCUT2D eigenvalue weighted by molar-refractivity contribution is -0.169. The van der Waals surface area contributed by atoms with Crippen LogP contribution in [0.2, 0.25) is 0 Å². The molecule has 0 aromatic carbocycles. The van der Waals surface area contributed by atoms with Gasteiger partial charge in [-0.15, -0.1) is 6.42 Å². The quantitative estimate of drug-likeness (QED) is 0.552. The lowest BCUT2D eigenvalue weighted by Gasteiger charge is -2.25. The summed E-state index contributed by atoms with van der Waals surface area (Å²) in [6.07, 6.45) is 6.28. The van der Waals surface area contributed by atoms with Gasteiger partial charge in [0.1, 0.15) is 0 Å². The van der Waals surface area contributed by atoms with Crippen LogP contribution in [0, 0.1) is 25.2 Å². The van der Waals surface area contributed by atoms with Gasteiger partial charge in [0.25, 0.3) is 0 Å². The minimum absolute atomic E-state index is 0.421. The fraction of sp³-hybridized carbons (Fsp3) is 0.667. The van der Waals surface area contributed by atoms with Crippen molar-refractivity contribution >= 4 is 0 Å². The summed E-state index contributed by atoms with van der Waals surface area (Å²) in [7, 11) is 0. The molecule has 2 heteroatoms. The van der Waals surface area contributed by atoms with E-state index in [2.05, 4.69) is 5.92 Å². The first-order chi connectivity index (χ1) is 5.36. The van der Waals surface area contributed by atoms with Gasteiger partial charge < -0.3 is 9.47 Å². The van der Waals surface area contributed by atoms with E-state index in [0.29, 0.717) is 25.6 Å². The van der Waals surface area contributed by atoms with Gasteiger partial charge in [-0.05, 0) is 25.7 Å². The van der Waals surface area contributed by atoms with Crippen LogP contribution in [0.4, 0.5) is 0 Å². The van der Waals surface area contributed by atoms with Crippen molar-refractivity contribution in [2.45, 2.75) is 19.1 Å². The van der Waals surface area contributed by atoms with Gasteiger partial charge in [-0.25, -0.2) is 0 Å². The highest BCUT2D eigenvalue weighted by Gasteiger charge is 2.19. The smallest absolute Gasteiger partial charge is 0.222 e. The van der Waals surface area contributed by atoms with E-state index in [9.17, 15) is 0 Å². The summed E-state index contributed by atoms with van der Waals surface area (Å²) in [6, 6.07) is 0. The van der Waals surface area contributed by atoms with Gasteiger partial charge in [-0.1, -0.05) is 0 Å². The maximum absolute atomic E-state index is 5.38. The third kappa shape index (κ3) is 2.53. The second-order valence-electron chi connectivity index (χ2n) is 2.61. The SMILES string of the molecule is [CH]CCC1COC(C#C)OC1. The van der Waals surface area contributed by atoms with Gasteiger partial charge in [-0.3, -0.25) is 0 Å².